The predicted octanol–water partition coefficient (Wildman–Crippen LogP) is 5.51. The third-order valence-electron chi connectivity index (χ3n) is 4.99. The Morgan fingerprint density at radius 1 is 1.00 bits per heavy atom. The molecule has 1 amide bonds. The molecule has 1 heterocycles. The summed E-state index contributed by atoms with van der Waals surface area (Å²) in [5.41, 5.74) is 0.942. The molecule has 0 fully saturated rings. The van der Waals surface area contributed by atoms with E-state index in [0.717, 1.165) is 42.1 Å². The minimum absolute atomic E-state index is 0.0506. The van der Waals surface area contributed by atoms with E-state index in [1.165, 1.54) is 0 Å². The summed E-state index contributed by atoms with van der Waals surface area (Å²) < 4.78 is 49.9. The summed E-state index contributed by atoms with van der Waals surface area (Å²) in [6.07, 6.45) is -0.260. The fraction of sp³-hybridized carbons (Fsp3) is 0.0909. The number of amides is 1. The highest BCUT2D eigenvalue weighted by Crippen LogP contribution is 2.39. The molecule has 4 aromatic rings. The second-order valence-corrected chi connectivity index (χ2v) is 8.49. The molecule has 12 heteroatoms. The first-order valence-electron chi connectivity index (χ1n) is 9.54. The van der Waals surface area contributed by atoms with Gasteiger partial charge in [0.1, 0.15) is 40.1 Å². The van der Waals surface area contributed by atoms with Crippen molar-refractivity contribution < 1.29 is 27.9 Å². The van der Waals surface area contributed by atoms with Crippen LogP contribution in [0.3, 0.4) is 0 Å². The molecule has 1 unspecified atom stereocenters. The number of aliphatic carboxylic acids is 1. The molecular formula is C22H12Cl2F3N3O3S. The molecule has 0 aliphatic heterocycles. The summed E-state index contributed by atoms with van der Waals surface area (Å²) in [7, 11) is 0. The zero-order valence-electron chi connectivity index (χ0n) is 16.8. The smallest absolute Gasteiger partial charge is 0.326 e. The van der Waals surface area contributed by atoms with Crippen molar-refractivity contribution in [3.63, 3.8) is 0 Å². The number of fused-ring (bicyclic) bond motifs is 1. The number of hydrogen-bond donors (Lipinski definition) is 2. The quantitative estimate of drug-likeness (QED) is 0.346. The molecule has 1 aromatic heterocycles. The molecule has 0 aliphatic carbocycles. The van der Waals surface area contributed by atoms with Gasteiger partial charge in [-0.1, -0.05) is 41.4 Å². The van der Waals surface area contributed by atoms with Gasteiger partial charge in [0.15, 0.2) is 0 Å². The lowest BCUT2D eigenvalue weighted by Gasteiger charge is -2.16. The number of carbonyl (C=O) groups excluding carboxylic acids is 1. The van der Waals surface area contributed by atoms with Gasteiger partial charge in [0.2, 0.25) is 0 Å². The number of aromatic nitrogens is 2. The third kappa shape index (κ3) is 4.56. The standard InChI is InChI=1S/C22H12Cl2F3N3O3S/c23-12-7-10(25)8-13(24)17(12)11-5-4-9(19-20(11)30-34-29-19)6-16(22(32)33)28-21(31)18-14(26)2-1-3-15(18)27/h1-5,7-8,16H,6H2,(H,28,31)(H,32,33). The van der Waals surface area contributed by atoms with Crippen LogP contribution in [0.15, 0.2) is 42.5 Å². The van der Waals surface area contributed by atoms with Gasteiger partial charge < -0.3 is 10.4 Å². The molecule has 0 spiro atoms. The van der Waals surface area contributed by atoms with Crippen molar-refractivity contribution in [1.29, 1.82) is 0 Å². The van der Waals surface area contributed by atoms with Crippen LogP contribution in [-0.2, 0) is 11.2 Å². The van der Waals surface area contributed by atoms with E-state index >= 15 is 0 Å². The van der Waals surface area contributed by atoms with Crippen LogP contribution in [0.25, 0.3) is 22.2 Å². The highest BCUT2D eigenvalue weighted by Gasteiger charge is 2.26. The van der Waals surface area contributed by atoms with Crippen LogP contribution in [0.4, 0.5) is 13.2 Å². The number of nitrogens with zero attached hydrogens (tertiary/aromatic N) is 2. The summed E-state index contributed by atoms with van der Waals surface area (Å²) in [5, 5.41) is 11.9. The van der Waals surface area contributed by atoms with Crippen LogP contribution in [0, 0.1) is 17.5 Å². The molecular weight excluding hydrogens is 514 g/mol. The first kappa shape index (κ1) is 23.9. The van der Waals surface area contributed by atoms with Crippen molar-refractivity contribution in [2.45, 2.75) is 12.5 Å². The van der Waals surface area contributed by atoms with Gasteiger partial charge in [-0.05, 0) is 29.8 Å². The Balaban J connectivity index is 1.69. The maximum absolute atomic E-state index is 13.9. The van der Waals surface area contributed by atoms with Crippen molar-refractivity contribution in [3.8, 4) is 11.1 Å². The maximum Gasteiger partial charge on any atom is 0.326 e. The summed E-state index contributed by atoms with van der Waals surface area (Å²) in [6, 6.07) is 6.65. The Hall–Kier alpha value is -3.21. The molecule has 2 N–H and O–H groups in total. The predicted molar refractivity (Wildman–Crippen MR) is 122 cm³/mol. The number of carboxylic acid groups (broad SMARTS) is 1. The molecule has 0 bridgehead atoms. The van der Waals surface area contributed by atoms with E-state index in [1.54, 1.807) is 12.1 Å². The van der Waals surface area contributed by atoms with Gasteiger partial charge in [-0.15, -0.1) is 0 Å². The molecule has 6 nitrogen and oxygen atoms in total. The lowest BCUT2D eigenvalue weighted by atomic mass is 9.97. The first-order chi connectivity index (χ1) is 16.2. The van der Waals surface area contributed by atoms with Crippen LogP contribution in [0.2, 0.25) is 10.0 Å². The second kappa shape index (κ2) is 9.57. The maximum atomic E-state index is 13.9. The van der Waals surface area contributed by atoms with E-state index in [1.807, 2.05) is 0 Å². The van der Waals surface area contributed by atoms with Gasteiger partial charge in [-0.25, -0.2) is 18.0 Å². The number of carbonyl (C=O) groups is 2. The van der Waals surface area contributed by atoms with Gasteiger partial charge >= 0.3 is 5.97 Å². The van der Waals surface area contributed by atoms with E-state index in [-0.39, 0.29) is 16.5 Å². The number of rotatable bonds is 6. The Kier molecular flexibility index (Phi) is 6.74. The molecule has 0 saturated carbocycles. The minimum atomic E-state index is -1.53. The summed E-state index contributed by atoms with van der Waals surface area (Å²) in [6.45, 7) is 0. The lowest BCUT2D eigenvalue weighted by Crippen LogP contribution is -2.43. The summed E-state index contributed by atoms with van der Waals surface area (Å²) in [5.74, 6) is -5.49. The molecule has 0 saturated heterocycles. The average molecular weight is 526 g/mol. The molecule has 34 heavy (non-hydrogen) atoms. The largest absolute Gasteiger partial charge is 0.480 e. The normalized spacial score (nSPS) is 12.0. The van der Waals surface area contributed by atoms with Crippen LogP contribution in [0.5, 0.6) is 0 Å². The summed E-state index contributed by atoms with van der Waals surface area (Å²) in [4.78, 5) is 24.2. The van der Waals surface area contributed by atoms with Crippen molar-refractivity contribution in [1.82, 2.24) is 14.1 Å². The van der Waals surface area contributed by atoms with Crippen LogP contribution in [0.1, 0.15) is 15.9 Å². The Bertz CT molecular complexity index is 1400. The third-order valence-corrected chi connectivity index (χ3v) is 6.12. The fourth-order valence-electron chi connectivity index (χ4n) is 3.45. The second-order valence-electron chi connectivity index (χ2n) is 7.14. The van der Waals surface area contributed by atoms with Crippen molar-refractivity contribution in [2.24, 2.45) is 0 Å². The zero-order valence-corrected chi connectivity index (χ0v) is 19.1. The number of halogens is 5. The van der Waals surface area contributed by atoms with Crippen molar-refractivity contribution in [2.75, 3.05) is 0 Å². The average Bonchev–Trinajstić information content (AvgIpc) is 3.24. The zero-order chi connectivity index (χ0) is 24.6. The van der Waals surface area contributed by atoms with Crippen LogP contribution < -0.4 is 5.32 Å². The van der Waals surface area contributed by atoms with Gasteiger partial charge in [-0.2, -0.15) is 8.75 Å². The molecule has 1 atom stereocenters. The van der Waals surface area contributed by atoms with E-state index < -0.39 is 40.9 Å². The van der Waals surface area contributed by atoms with E-state index in [9.17, 15) is 27.9 Å². The summed E-state index contributed by atoms with van der Waals surface area (Å²) >= 11 is 13.2. The Morgan fingerprint density at radius 2 is 1.62 bits per heavy atom. The van der Waals surface area contributed by atoms with Crippen LogP contribution in [-0.4, -0.2) is 31.8 Å². The van der Waals surface area contributed by atoms with E-state index in [4.69, 9.17) is 23.2 Å². The molecule has 0 aliphatic rings. The Morgan fingerprint density at radius 3 is 2.24 bits per heavy atom. The topological polar surface area (TPSA) is 92.2 Å². The van der Waals surface area contributed by atoms with E-state index in [2.05, 4.69) is 14.1 Å². The van der Waals surface area contributed by atoms with Crippen molar-refractivity contribution >= 4 is 57.8 Å². The highest BCUT2D eigenvalue weighted by atomic mass is 35.5. The minimum Gasteiger partial charge on any atom is -0.480 e. The number of carboxylic acids is 1. The first-order valence-corrected chi connectivity index (χ1v) is 11.0. The van der Waals surface area contributed by atoms with Crippen molar-refractivity contribution in [3.05, 3.63) is 81.1 Å². The highest BCUT2D eigenvalue weighted by molar-refractivity contribution is 7.00. The molecule has 174 valence electrons. The Labute approximate surface area is 204 Å². The van der Waals surface area contributed by atoms with Gasteiger partial charge in [0, 0.05) is 17.5 Å². The molecule has 3 aromatic carbocycles. The van der Waals surface area contributed by atoms with Gasteiger partial charge in [0.25, 0.3) is 5.91 Å². The fourth-order valence-corrected chi connectivity index (χ4v) is 4.71. The number of hydrogen-bond acceptors (Lipinski definition) is 5. The monoisotopic (exact) mass is 525 g/mol. The molecule has 0 radical (unpaired) electrons. The van der Waals surface area contributed by atoms with Gasteiger partial charge in [-0.3, -0.25) is 4.79 Å². The number of benzene rings is 3. The number of nitrogens with one attached hydrogen (secondary N) is 1. The molecule has 4 rings (SSSR count). The van der Waals surface area contributed by atoms with Gasteiger partial charge in [0.05, 0.1) is 21.8 Å². The van der Waals surface area contributed by atoms with E-state index in [0.29, 0.717) is 27.7 Å². The van der Waals surface area contributed by atoms with Crippen LogP contribution >= 0.6 is 34.9 Å². The SMILES string of the molecule is O=C(NC(Cc1ccc(-c2c(Cl)cc(F)cc2Cl)c2nsnc12)C(=O)O)c1c(F)cccc1F. The lowest BCUT2D eigenvalue weighted by molar-refractivity contribution is -0.139.